The number of hydrogen-bond acceptors (Lipinski definition) is 7. The van der Waals surface area contributed by atoms with Gasteiger partial charge in [0.1, 0.15) is 10.7 Å². The maximum atomic E-state index is 13.1. The molecule has 1 N–H and O–H groups in total. The zero-order valence-corrected chi connectivity index (χ0v) is 18.1. The number of anilines is 1. The first kappa shape index (κ1) is 20.5. The summed E-state index contributed by atoms with van der Waals surface area (Å²) in [7, 11) is 3.14. The number of amides is 1. The zero-order valence-electron chi connectivity index (χ0n) is 17.3. The maximum Gasteiger partial charge on any atom is 0.261 e. The fraction of sp³-hybridized carbons (Fsp3) is 0.182. The summed E-state index contributed by atoms with van der Waals surface area (Å²) >= 11 is 1.35. The fourth-order valence-electron chi connectivity index (χ4n) is 3.06. The highest BCUT2D eigenvalue weighted by Gasteiger charge is 2.21. The average molecular weight is 436 g/mol. The summed E-state index contributed by atoms with van der Waals surface area (Å²) in [6, 6.07) is 15.0. The van der Waals surface area contributed by atoms with E-state index in [0.29, 0.717) is 27.9 Å². The smallest absolute Gasteiger partial charge is 0.261 e. The lowest BCUT2D eigenvalue weighted by Crippen LogP contribution is -2.12. The van der Waals surface area contributed by atoms with Gasteiger partial charge >= 0.3 is 0 Å². The molecule has 0 saturated carbocycles. The second-order valence-electron chi connectivity index (χ2n) is 6.55. The van der Waals surface area contributed by atoms with Crippen molar-refractivity contribution >= 4 is 22.4 Å². The topological polar surface area (TPSA) is 91.2 Å². The van der Waals surface area contributed by atoms with Crippen LogP contribution in [0, 0.1) is 0 Å². The lowest BCUT2D eigenvalue weighted by atomic mass is 10.1. The van der Waals surface area contributed by atoms with Crippen LogP contribution in [0.15, 0.2) is 54.7 Å². The van der Waals surface area contributed by atoms with Crippen molar-refractivity contribution in [3.63, 3.8) is 0 Å². The summed E-state index contributed by atoms with van der Waals surface area (Å²) in [5, 5.41) is 16.9. The first-order valence-corrected chi connectivity index (χ1v) is 10.5. The van der Waals surface area contributed by atoms with E-state index in [2.05, 4.69) is 15.5 Å². The van der Waals surface area contributed by atoms with Crippen molar-refractivity contribution in [2.24, 2.45) is 0 Å². The van der Waals surface area contributed by atoms with Crippen molar-refractivity contribution in [1.29, 1.82) is 0 Å². The highest BCUT2D eigenvalue weighted by molar-refractivity contribution is 7.15. The van der Waals surface area contributed by atoms with Crippen LogP contribution in [-0.4, -0.2) is 40.1 Å². The normalized spacial score (nSPS) is 10.7. The van der Waals surface area contributed by atoms with Gasteiger partial charge in [-0.05, 0) is 36.8 Å². The van der Waals surface area contributed by atoms with Gasteiger partial charge in [0.05, 0.1) is 25.5 Å². The molecule has 0 unspecified atom stereocenters. The molecule has 0 aliphatic heterocycles. The Morgan fingerprint density at radius 1 is 1.06 bits per heavy atom. The molecule has 0 spiro atoms. The minimum Gasteiger partial charge on any atom is -0.493 e. The van der Waals surface area contributed by atoms with Gasteiger partial charge < -0.3 is 9.47 Å². The summed E-state index contributed by atoms with van der Waals surface area (Å²) < 4.78 is 12.4. The average Bonchev–Trinajstić information content (AvgIpc) is 3.46. The van der Waals surface area contributed by atoms with Crippen LogP contribution in [0.5, 0.6) is 11.5 Å². The van der Waals surface area contributed by atoms with Gasteiger partial charge in [0.15, 0.2) is 11.5 Å². The van der Waals surface area contributed by atoms with Crippen molar-refractivity contribution in [1.82, 2.24) is 20.0 Å². The summed E-state index contributed by atoms with van der Waals surface area (Å²) in [6.45, 7) is 1.99. The van der Waals surface area contributed by atoms with Gasteiger partial charge in [-0.1, -0.05) is 36.5 Å². The van der Waals surface area contributed by atoms with Crippen LogP contribution in [0.1, 0.15) is 22.3 Å². The van der Waals surface area contributed by atoms with Crippen LogP contribution < -0.4 is 14.8 Å². The number of aryl methyl sites for hydroxylation is 1. The van der Waals surface area contributed by atoms with Crippen LogP contribution in [0.3, 0.4) is 0 Å². The standard InChI is InChI=1S/C22H21N5O3S/c1-4-19-24-25-22(31-19)23-21(28)16-13-27(15-8-6-5-7-9-15)26-20(16)14-10-11-17(29-2)18(12-14)30-3/h5-13H,4H2,1-3H3,(H,23,25,28). The fourth-order valence-corrected chi connectivity index (χ4v) is 3.74. The molecule has 31 heavy (non-hydrogen) atoms. The number of carbonyl (C=O) groups excluding carboxylic acids is 1. The maximum absolute atomic E-state index is 13.1. The van der Waals surface area contributed by atoms with Gasteiger partial charge in [0.2, 0.25) is 5.13 Å². The summed E-state index contributed by atoms with van der Waals surface area (Å²) in [4.78, 5) is 13.1. The first-order valence-electron chi connectivity index (χ1n) is 9.64. The molecule has 0 radical (unpaired) electrons. The molecule has 2 aromatic heterocycles. The molecule has 4 aromatic rings. The second kappa shape index (κ2) is 8.97. The van der Waals surface area contributed by atoms with E-state index in [4.69, 9.17) is 14.6 Å². The Morgan fingerprint density at radius 2 is 1.84 bits per heavy atom. The van der Waals surface area contributed by atoms with E-state index in [1.165, 1.54) is 11.3 Å². The van der Waals surface area contributed by atoms with Gasteiger partial charge in [0.25, 0.3) is 5.91 Å². The number of benzene rings is 2. The zero-order chi connectivity index (χ0) is 21.8. The molecular formula is C22H21N5O3S. The van der Waals surface area contributed by atoms with Gasteiger partial charge in [-0.2, -0.15) is 5.10 Å². The molecule has 0 aliphatic carbocycles. The van der Waals surface area contributed by atoms with Crippen LogP contribution in [0.4, 0.5) is 5.13 Å². The molecule has 0 saturated heterocycles. The second-order valence-corrected chi connectivity index (χ2v) is 7.61. The minimum absolute atomic E-state index is 0.314. The van der Waals surface area contributed by atoms with Crippen molar-refractivity contribution < 1.29 is 14.3 Å². The monoisotopic (exact) mass is 435 g/mol. The van der Waals surface area contributed by atoms with Crippen LogP contribution in [0.25, 0.3) is 16.9 Å². The number of ether oxygens (including phenoxy) is 2. The first-order chi connectivity index (χ1) is 15.1. The van der Waals surface area contributed by atoms with Gasteiger partial charge in [-0.15, -0.1) is 10.2 Å². The van der Waals surface area contributed by atoms with Crippen LogP contribution >= 0.6 is 11.3 Å². The Morgan fingerprint density at radius 3 is 2.52 bits per heavy atom. The Bertz CT molecular complexity index is 1200. The highest BCUT2D eigenvalue weighted by Crippen LogP contribution is 2.33. The van der Waals surface area contributed by atoms with E-state index in [1.54, 1.807) is 37.2 Å². The number of hydrogen-bond donors (Lipinski definition) is 1. The molecule has 8 nitrogen and oxygen atoms in total. The van der Waals surface area contributed by atoms with Crippen LogP contribution in [0.2, 0.25) is 0 Å². The number of rotatable bonds is 7. The lowest BCUT2D eigenvalue weighted by molar-refractivity contribution is 0.102. The molecule has 1 amide bonds. The number of nitrogens with one attached hydrogen (secondary N) is 1. The number of carbonyl (C=O) groups is 1. The Hall–Kier alpha value is -3.72. The highest BCUT2D eigenvalue weighted by atomic mass is 32.1. The van der Waals surface area contributed by atoms with E-state index in [1.807, 2.05) is 43.3 Å². The molecule has 2 aromatic carbocycles. The van der Waals surface area contributed by atoms with Gasteiger partial charge in [-0.3, -0.25) is 10.1 Å². The molecule has 158 valence electrons. The van der Waals surface area contributed by atoms with E-state index < -0.39 is 0 Å². The molecule has 2 heterocycles. The molecule has 0 bridgehead atoms. The minimum atomic E-state index is -0.314. The number of aromatic nitrogens is 4. The predicted octanol–water partition coefficient (Wildman–Crippen LogP) is 4.22. The third-order valence-electron chi connectivity index (χ3n) is 4.63. The third-order valence-corrected chi connectivity index (χ3v) is 5.61. The Balaban J connectivity index is 1.77. The summed E-state index contributed by atoms with van der Waals surface area (Å²) in [5.74, 6) is 0.837. The number of methoxy groups -OCH3 is 2. The Kier molecular flexibility index (Phi) is 5.94. The van der Waals surface area contributed by atoms with E-state index in [0.717, 1.165) is 22.7 Å². The number of para-hydroxylation sites is 1. The van der Waals surface area contributed by atoms with Crippen molar-refractivity contribution in [3.05, 3.63) is 65.3 Å². The largest absolute Gasteiger partial charge is 0.493 e. The van der Waals surface area contributed by atoms with Crippen molar-refractivity contribution in [2.45, 2.75) is 13.3 Å². The quantitative estimate of drug-likeness (QED) is 0.467. The third kappa shape index (κ3) is 4.26. The molecule has 9 heteroatoms. The van der Waals surface area contributed by atoms with E-state index in [-0.39, 0.29) is 5.91 Å². The SMILES string of the molecule is CCc1nnc(NC(=O)c2cn(-c3ccccc3)nc2-c2ccc(OC)c(OC)c2)s1. The lowest BCUT2D eigenvalue weighted by Gasteiger charge is -2.09. The molecular weight excluding hydrogens is 414 g/mol. The van der Waals surface area contributed by atoms with Crippen molar-refractivity contribution in [3.8, 4) is 28.4 Å². The predicted molar refractivity (Wildman–Crippen MR) is 119 cm³/mol. The van der Waals surface area contributed by atoms with Crippen LogP contribution in [-0.2, 0) is 6.42 Å². The van der Waals surface area contributed by atoms with Gasteiger partial charge in [0, 0.05) is 11.8 Å². The number of nitrogens with zero attached hydrogens (tertiary/aromatic N) is 4. The van der Waals surface area contributed by atoms with E-state index >= 15 is 0 Å². The summed E-state index contributed by atoms with van der Waals surface area (Å²) in [5.41, 5.74) is 2.49. The Labute approximate surface area is 183 Å². The van der Waals surface area contributed by atoms with E-state index in [9.17, 15) is 4.79 Å². The molecule has 0 aliphatic rings. The molecule has 0 atom stereocenters. The summed E-state index contributed by atoms with van der Waals surface area (Å²) in [6.07, 6.45) is 2.47. The molecule has 4 rings (SSSR count). The molecule has 0 fully saturated rings. The van der Waals surface area contributed by atoms with Crippen molar-refractivity contribution in [2.75, 3.05) is 19.5 Å². The van der Waals surface area contributed by atoms with Gasteiger partial charge in [-0.25, -0.2) is 4.68 Å².